The van der Waals surface area contributed by atoms with Gasteiger partial charge in [0, 0.05) is 43.2 Å². The normalized spacial score (nSPS) is 18.6. The predicted octanol–water partition coefficient (Wildman–Crippen LogP) is 3.14. The molecule has 0 spiro atoms. The molecule has 162 valence electrons. The van der Waals surface area contributed by atoms with Crippen LogP contribution in [0.4, 0.5) is 11.4 Å². The zero-order valence-corrected chi connectivity index (χ0v) is 18.0. The minimum Gasteiger partial charge on any atom is -0.495 e. The standard InChI is InChI=1S/C23H24ClN3O4/c1-31-20-9-6-17(24)12-19(20)27-14-16(11-22(27)29)23(30)25-13-15-4-7-18(8-5-15)26-10-2-3-21(26)28/h4-9,12,16H,2-3,10-11,13-14H2,1H3,(H,25,30). The van der Waals surface area contributed by atoms with Crippen LogP contribution in [0.25, 0.3) is 0 Å². The number of hydrogen-bond acceptors (Lipinski definition) is 4. The topological polar surface area (TPSA) is 79.0 Å². The smallest absolute Gasteiger partial charge is 0.227 e. The maximum absolute atomic E-state index is 12.7. The molecule has 7 nitrogen and oxygen atoms in total. The van der Waals surface area contributed by atoms with E-state index in [2.05, 4.69) is 5.32 Å². The Labute approximate surface area is 185 Å². The molecule has 0 radical (unpaired) electrons. The molecular formula is C23H24ClN3O4. The molecule has 0 aliphatic carbocycles. The van der Waals surface area contributed by atoms with Crippen LogP contribution >= 0.6 is 11.6 Å². The summed E-state index contributed by atoms with van der Waals surface area (Å²) in [6.45, 7) is 1.38. The highest BCUT2D eigenvalue weighted by atomic mass is 35.5. The van der Waals surface area contributed by atoms with Crippen LogP contribution in [0.5, 0.6) is 5.75 Å². The second-order valence-corrected chi connectivity index (χ2v) is 8.19. The Hall–Kier alpha value is -3.06. The van der Waals surface area contributed by atoms with Crippen molar-refractivity contribution in [3.8, 4) is 5.75 Å². The fourth-order valence-electron chi connectivity index (χ4n) is 4.04. The van der Waals surface area contributed by atoms with Crippen molar-refractivity contribution in [2.45, 2.75) is 25.8 Å². The van der Waals surface area contributed by atoms with E-state index in [9.17, 15) is 14.4 Å². The largest absolute Gasteiger partial charge is 0.495 e. The van der Waals surface area contributed by atoms with Gasteiger partial charge in [0.2, 0.25) is 17.7 Å². The van der Waals surface area contributed by atoms with Gasteiger partial charge in [-0.3, -0.25) is 14.4 Å². The number of carbonyl (C=O) groups excluding carboxylic acids is 3. The number of amides is 3. The molecule has 2 aromatic carbocycles. The fourth-order valence-corrected chi connectivity index (χ4v) is 4.20. The van der Waals surface area contributed by atoms with E-state index in [1.807, 2.05) is 24.3 Å². The number of nitrogens with zero attached hydrogens (tertiary/aromatic N) is 2. The minimum atomic E-state index is -0.447. The van der Waals surface area contributed by atoms with Crippen LogP contribution in [0.3, 0.4) is 0 Å². The molecule has 0 aromatic heterocycles. The van der Waals surface area contributed by atoms with E-state index in [0.29, 0.717) is 29.4 Å². The molecule has 4 rings (SSSR count). The lowest BCUT2D eigenvalue weighted by Crippen LogP contribution is -2.32. The molecule has 0 saturated carbocycles. The van der Waals surface area contributed by atoms with Crippen molar-refractivity contribution in [3.63, 3.8) is 0 Å². The van der Waals surface area contributed by atoms with Gasteiger partial charge in [-0.1, -0.05) is 23.7 Å². The Morgan fingerprint density at radius 1 is 1.13 bits per heavy atom. The van der Waals surface area contributed by atoms with E-state index >= 15 is 0 Å². The second kappa shape index (κ2) is 8.98. The molecule has 2 saturated heterocycles. The number of methoxy groups -OCH3 is 1. The van der Waals surface area contributed by atoms with Crippen molar-refractivity contribution in [2.24, 2.45) is 5.92 Å². The van der Waals surface area contributed by atoms with Gasteiger partial charge in [0.25, 0.3) is 0 Å². The third-order valence-corrected chi connectivity index (χ3v) is 5.95. The van der Waals surface area contributed by atoms with Crippen LogP contribution in [0.15, 0.2) is 42.5 Å². The summed E-state index contributed by atoms with van der Waals surface area (Å²) < 4.78 is 5.34. The summed E-state index contributed by atoms with van der Waals surface area (Å²) in [5, 5.41) is 3.41. The summed E-state index contributed by atoms with van der Waals surface area (Å²) in [5.74, 6) is -0.0723. The molecule has 31 heavy (non-hydrogen) atoms. The molecule has 2 heterocycles. The van der Waals surface area contributed by atoms with E-state index in [4.69, 9.17) is 16.3 Å². The number of nitrogens with one attached hydrogen (secondary N) is 1. The van der Waals surface area contributed by atoms with Crippen molar-refractivity contribution in [3.05, 3.63) is 53.1 Å². The molecule has 2 aliphatic heterocycles. The summed E-state index contributed by atoms with van der Waals surface area (Å²) in [5.41, 5.74) is 2.38. The first kappa shape index (κ1) is 21.2. The highest BCUT2D eigenvalue weighted by molar-refractivity contribution is 6.31. The minimum absolute atomic E-state index is 0.136. The first-order valence-electron chi connectivity index (χ1n) is 10.3. The first-order valence-corrected chi connectivity index (χ1v) is 10.6. The van der Waals surface area contributed by atoms with Gasteiger partial charge in [-0.15, -0.1) is 0 Å². The van der Waals surface area contributed by atoms with E-state index < -0.39 is 5.92 Å². The SMILES string of the molecule is COc1ccc(Cl)cc1N1CC(C(=O)NCc2ccc(N3CCCC3=O)cc2)CC1=O. The lowest BCUT2D eigenvalue weighted by molar-refractivity contribution is -0.126. The van der Waals surface area contributed by atoms with Crippen LogP contribution < -0.4 is 19.9 Å². The van der Waals surface area contributed by atoms with E-state index in [1.54, 1.807) is 28.0 Å². The van der Waals surface area contributed by atoms with Crippen molar-refractivity contribution in [1.82, 2.24) is 5.32 Å². The number of ether oxygens (including phenoxy) is 1. The van der Waals surface area contributed by atoms with E-state index in [-0.39, 0.29) is 30.7 Å². The zero-order valence-electron chi connectivity index (χ0n) is 17.3. The monoisotopic (exact) mass is 441 g/mol. The predicted molar refractivity (Wildman–Crippen MR) is 118 cm³/mol. The summed E-state index contributed by atoms with van der Waals surface area (Å²) in [7, 11) is 1.53. The summed E-state index contributed by atoms with van der Waals surface area (Å²) >= 11 is 6.08. The van der Waals surface area contributed by atoms with Crippen molar-refractivity contribution >= 4 is 40.7 Å². The Morgan fingerprint density at radius 3 is 2.58 bits per heavy atom. The first-order chi connectivity index (χ1) is 15.0. The van der Waals surface area contributed by atoms with Crippen LogP contribution in [-0.2, 0) is 20.9 Å². The molecule has 3 amide bonds. The van der Waals surface area contributed by atoms with Crippen molar-refractivity contribution in [2.75, 3.05) is 30.0 Å². The lowest BCUT2D eigenvalue weighted by Gasteiger charge is -2.20. The zero-order chi connectivity index (χ0) is 22.0. The Kier molecular flexibility index (Phi) is 6.13. The molecule has 2 aliphatic rings. The number of benzene rings is 2. The van der Waals surface area contributed by atoms with Gasteiger partial charge in [-0.2, -0.15) is 0 Å². The highest BCUT2D eigenvalue weighted by Gasteiger charge is 2.36. The fraction of sp³-hybridized carbons (Fsp3) is 0.348. The van der Waals surface area contributed by atoms with Crippen molar-refractivity contribution < 1.29 is 19.1 Å². The van der Waals surface area contributed by atoms with Crippen LogP contribution in [0, 0.1) is 5.92 Å². The quantitative estimate of drug-likeness (QED) is 0.746. The van der Waals surface area contributed by atoms with Crippen molar-refractivity contribution in [1.29, 1.82) is 0 Å². The second-order valence-electron chi connectivity index (χ2n) is 7.75. The van der Waals surface area contributed by atoms with Gasteiger partial charge >= 0.3 is 0 Å². The molecule has 8 heteroatoms. The average molecular weight is 442 g/mol. The molecule has 1 unspecified atom stereocenters. The Balaban J connectivity index is 1.36. The molecule has 2 aromatic rings. The number of rotatable bonds is 6. The summed E-state index contributed by atoms with van der Waals surface area (Å²) in [4.78, 5) is 40.4. The molecule has 0 bridgehead atoms. The Morgan fingerprint density at radius 2 is 1.90 bits per heavy atom. The third-order valence-electron chi connectivity index (χ3n) is 5.72. The van der Waals surface area contributed by atoms with Crippen LogP contribution in [0.2, 0.25) is 5.02 Å². The number of carbonyl (C=O) groups is 3. The Bertz CT molecular complexity index is 1010. The van der Waals surface area contributed by atoms with Gasteiger partial charge in [-0.25, -0.2) is 0 Å². The third kappa shape index (κ3) is 4.51. The van der Waals surface area contributed by atoms with Crippen LogP contribution in [0.1, 0.15) is 24.8 Å². The molecular weight excluding hydrogens is 418 g/mol. The summed E-state index contributed by atoms with van der Waals surface area (Å²) in [6.07, 6.45) is 1.61. The number of anilines is 2. The maximum Gasteiger partial charge on any atom is 0.227 e. The maximum atomic E-state index is 12.7. The van der Waals surface area contributed by atoms with Gasteiger partial charge in [-0.05, 0) is 42.3 Å². The number of halogens is 1. The molecule has 2 fully saturated rings. The van der Waals surface area contributed by atoms with E-state index in [1.165, 1.54) is 7.11 Å². The van der Waals surface area contributed by atoms with Gasteiger partial charge < -0.3 is 19.9 Å². The molecule has 1 atom stereocenters. The lowest BCUT2D eigenvalue weighted by atomic mass is 10.1. The average Bonchev–Trinajstić information content (AvgIpc) is 3.38. The van der Waals surface area contributed by atoms with Gasteiger partial charge in [0.1, 0.15) is 5.75 Å². The van der Waals surface area contributed by atoms with Crippen LogP contribution in [-0.4, -0.2) is 37.9 Å². The van der Waals surface area contributed by atoms with Gasteiger partial charge in [0.15, 0.2) is 0 Å². The summed E-state index contributed by atoms with van der Waals surface area (Å²) in [6, 6.07) is 12.7. The molecule has 1 N–H and O–H groups in total. The van der Waals surface area contributed by atoms with E-state index in [0.717, 1.165) is 24.2 Å². The number of hydrogen-bond donors (Lipinski definition) is 1. The van der Waals surface area contributed by atoms with Gasteiger partial charge in [0.05, 0.1) is 18.7 Å². The highest BCUT2D eigenvalue weighted by Crippen LogP contribution is 2.35.